The summed E-state index contributed by atoms with van der Waals surface area (Å²) < 4.78 is 13.0. The number of amides is 1. The highest BCUT2D eigenvalue weighted by molar-refractivity contribution is 5.76. The molecule has 2 aromatic rings. The molecule has 0 saturated carbocycles. The Kier molecular flexibility index (Phi) is 7.04. The van der Waals surface area contributed by atoms with Crippen molar-refractivity contribution in [3.05, 3.63) is 64.1 Å². The molecule has 166 valence electrons. The number of piperidine rings is 1. The molecule has 1 aromatic heterocycles. The van der Waals surface area contributed by atoms with Gasteiger partial charge in [0.1, 0.15) is 12.6 Å². The zero-order valence-electron chi connectivity index (χ0n) is 18.2. The van der Waals surface area contributed by atoms with Crippen molar-refractivity contribution >= 4 is 5.91 Å². The fourth-order valence-electron chi connectivity index (χ4n) is 4.37. The largest absolute Gasteiger partial charge is 0.491 e. The minimum atomic E-state index is -0.145. The van der Waals surface area contributed by atoms with Crippen LogP contribution in [-0.2, 0) is 22.6 Å². The Morgan fingerprint density at radius 3 is 2.65 bits per heavy atom. The van der Waals surface area contributed by atoms with Crippen molar-refractivity contribution < 1.29 is 14.3 Å². The summed E-state index contributed by atoms with van der Waals surface area (Å²) in [5.41, 5.74) is 1.79. The molecule has 0 N–H and O–H groups in total. The van der Waals surface area contributed by atoms with E-state index in [1.54, 1.807) is 12.3 Å². The van der Waals surface area contributed by atoms with Gasteiger partial charge in [-0.25, -0.2) is 0 Å². The molecule has 31 heavy (non-hydrogen) atoms. The molecule has 1 atom stereocenters. The fourth-order valence-corrected chi connectivity index (χ4v) is 4.37. The van der Waals surface area contributed by atoms with Gasteiger partial charge in [-0.1, -0.05) is 36.8 Å². The van der Waals surface area contributed by atoms with Crippen LogP contribution >= 0.6 is 0 Å². The van der Waals surface area contributed by atoms with E-state index in [-0.39, 0.29) is 29.7 Å². The third-order valence-electron chi connectivity index (χ3n) is 6.13. The lowest BCUT2D eigenvalue weighted by molar-refractivity contribution is -0.139. The molecule has 0 unspecified atom stereocenters. The molecule has 3 heterocycles. The smallest absolute Gasteiger partial charge is 0.242 e. The monoisotopic (exact) mass is 425 g/mol. The summed E-state index contributed by atoms with van der Waals surface area (Å²) in [5, 5.41) is 0. The van der Waals surface area contributed by atoms with Crippen LogP contribution in [0.5, 0.6) is 5.75 Å². The van der Waals surface area contributed by atoms with Gasteiger partial charge < -0.3 is 18.9 Å². The number of morpholine rings is 1. The number of pyridine rings is 1. The molecule has 2 aliphatic rings. The van der Waals surface area contributed by atoms with Gasteiger partial charge in [0, 0.05) is 24.8 Å². The molecular weight excluding hydrogens is 394 g/mol. The summed E-state index contributed by atoms with van der Waals surface area (Å²) >= 11 is 0. The minimum absolute atomic E-state index is 0.0230. The minimum Gasteiger partial charge on any atom is -0.491 e. The molecule has 0 bridgehead atoms. The van der Waals surface area contributed by atoms with Crippen molar-refractivity contribution in [2.75, 3.05) is 39.9 Å². The van der Waals surface area contributed by atoms with Gasteiger partial charge in [0.2, 0.25) is 11.3 Å². The highest BCUT2D eigenvalue weighted by atomic mass is 16.5. The van der Waals surface area contributed by atoms with E-state index in [4.69, 9.17) is 9.47 Å². The van der Waals surface area contributed by atoms with Gasteiger partial charge >= 0.3 is 0 Å². The van der Waals surface area contributed by atoms with Gasteiger partial charge in [-0.3, -0.25) is 14.5 Å². The third kappa shape index (κ3) is 5.35. The number of hydrogen-bond donors (Lipinski definition) is 0. The number of likely N-dealkylation sites (tertiary alicyclic amines) is 1. The summed E-state index contributed by atoms with van der Waals surface area (Å²) in [7, 11) is 1.49. The SMILES string of the molecule is COc1cn(CC(=O)N2CCO[C@H](c3ccccc3)C2)c(CN2CCCCC2)cc1=O. The Morgan fingerprint density at radius 1 is 1.13 bits per heavy atom. The van der Waals surface area contributed by atoms with Gasteiger partial charge in [0.05, 0.1) is 26.5 Å². The Bertz CT molecular complexity index is 938. The lowest BCUT2D eigenvalue weighted by Crippen LogP contribution is -2.44. The van der Waals surface area contributed by atoms with Crippen LogP contribution in [0.15, 0.2) is 47.4 Å². The number of hydrogen-bond acceptors (Lipinski definition) is 5. The van der Waals surface area contributed by atoms with Crippen LogP contribution in [-0.4, -0.2) is 60.2 Å². The molecule has 2 aliphatic heterocycles. The van der Waals surface area contributed by atoms with Crippen LogP contribution < -0.4 is 10.2 Å². The Labute approximate surface area is 183 Å². The lowest BCUT2D eigenvalue weighted by Gasteiger charge is -2.34. The van der Waals surface area contributed by atoms with E-state index in [1.807, 2.05) is 39.8 Å². The van der Waals surface area contributed by atoms with E-state index in [9.17, 15) is 9.59 Å². The second kappa shape index (κ2) is 10.1. The number of aromatic nitrogens is 1. The van der Waals surface area contributed by atoms with E-state index < -0.39 is 0 Å². The number of ether oxygens (including phenoxy) is 2. The summed E-state index contributed by atoms with van der Waals surface area (Å²) in [4.78, 5) is 29.8. The van der Waals surface area contributed by atoms with E-state index in [1.165, 1.54) is 26.4 Å². The normalized spacial score (nSPS) is 19.9. The maximum atomic E-state index is 13.2. The molecule has 1 aromatic carbocycles. The molecule has 4 rings (SSSR count). The van der Waals surface area contributed by atoms with Crippen molar-refractivity contribution in [3.63, 3.8) is 0 Å². The Hall–Kier alpha value is -2.64. The molecule has 7 heteroatoms. The first-order chi connectivity index (χ1) is 15.1. The number of benzene rings is 1. The first kappa shape index (κ1) is 21.6. The second-order valence-electron chi connectivity index (χ2n) is 8.27. The van der Waals surface area contributed by atoms with Crippen LogP contribution in [0.1, 0.15) is 36.6 Å². The summed E-state index contributed by atoms with van der Waals surface area (Å²) in [5.74, 6) is 0.286. The first-order valence-electron chi connectivity index (χ1n) is 11.1. The van der Waals surface area contributed by atoms with Crippen LogP contribution in [0.4, 0.5) is 0 Å². The predicted molar refractivity (Wildman–Crippen MR) is 118 cm³/mol. The van der Waals surface area contributed by atoms with Gasteiger partial charge in [0.15, 0.2) is 5.75 Å². The van der Waals surface area contributed by atoms with E-state index in [0.717, 1.165) is 24.3 Å². The van der Waals surface area contributed by atoms with E-state index in [2.05, 4.69) is 4.90 Å². The number of carbonyl (C=O) groups excluding carboxylic acids is 1. The maximum absolute atomic E-state index is 13.2. The summed E-state index contributed by atoms with van der Waals surface area (Å²) in [6.07, 6.45) is 5.16. The van der Waals surface area contributed by atoms with E-state index >= 15 is 0 Å². The molecule has 2 saturated heterocycles. The molecule has 2 fully saturated rings. The zero-order chi connectivity index (χ0) is 21.6. The quantitative estimate of drug-likeness (QED) is 0.711. The molecule has 0 aliphatic carbocycles. The van der Waals surface area contributed by atoms with Crippen molar-refractivity contribution in [2.24, 2.45) is 0 Å². The van der Waals surface area contributed by atoms with E-state index in [0.29, 0.717) is 26.2 Å². The molecule has 0 radical (unpaired) electrons. The lowest BCUT2D eigenvalue weighted by atomic mass is 10.1. The average molecular weight is 426 g/mol. The number of rotatable bonds is 6. The van der Waals surface area contributed by atoms with Gasteiger partial charge in [-0.05, 0) is 31.5 Å². The molecule has 7 nitrogen and oxygen atoms in total. The predicted octanol–water partition coefficient (Wildman–Crippen LogP) is 2.44. The average Bonchev–Trinajstić information content (AvgIpc) is 2.82. The van der Waals surface area contributed by atoms with Gasteiger partial charge in [0.25, 0.3) is 0 Å². The van der Waals surface area contributed by atoms with Crippen LogP contribution in [0.2, 0.25) is 0 Å². The number of carbonyl (C=O) groups is 1. The molecular formula is C24H31N3O4. The first-order valence-corrected chi connectivity index (χ1v) is 11.1. The van der Waals surface area contributed by atoms with Crippen molar-refractivity contribution in [1.29, 1.82) is 0 Å². The van der Waals surface area contributed by atoms with Crippen molar-refractivity contribution in [3.8, 4) is 5.75 Å². The zero-order valence-corrected chi connectivity index (χ0v) is 18.2. The van der Waals surface area contributed by atoms with Crippen molar-refractivity contribution in [1.82, 2.24) is 14.4 Å². The Balaban J connectivity index is 1.50. The number of methoxy groups -OCH3 is 1. The fraction of sp³-hybridized carbons (Fsp3) is 0.500. The molecule has 0 spiro atoms. The highest BCUT2D eigenvalue weighted by Crippen LogP contribution is 2.22. The summed E-state index contributed by atoms with van der Waals surface area (Å²) in [6.45, 7) is 4.51. The topological polar surface area (TPSA) is 64.0 Å². The number of nitrogens with zero attached hydrogens (tertiary/aromatic N) is 3. The Morgan fingerprint density at radius 2 is 1.90 bits per heavy atom. The molecule has 1 amide bonds. The van der Waals surface area contributed by atoms with Crippen LogP contribution in [0.25, 0.3) is 0 Å². The third-order valence-corrected chi connectivity index (χ3v) is 6.13. The van der Waals surface area contributed by atoms with Gasteiger partial charge in [-0.15, -0.1) is 0 Å². The van der Waals surface area contributed by atoms with Crippen molar-refractivity contribution in [2.45, 2.75) is 38.5 Å². The standard InChI is InChI=1S/C24H31N3O4/c1-30-23-17-27(20(14-21(23)28)15-25-10-6-3-7-11-25)18-24(29)26-12-13-31-22(16-26)19-8-4-2-5-9-19/h2,4-5,8-9,14,17,22H,3,6-7,10-13,15-16,18H2,1H3/t22-/m0/s1. The highest BCUT2D eigenvalue weighted by Gasteiger charge is 2.26. The maximum Gasteiger partial charge on any atom is 0.242 e. The van der Waals surface area contributed by atoms with Crippen LogP contribution in [0.3, 0.4) is 0 Å². The van der Waals surface area contributed by atoms with Gasteiger partial charge in [-0.2, -0.15) is 0 Å². The van der Waals surface area contributed by atoms with Crippen LogP contribution in [0, 0.1) is 0 Å². The second-order valence-corrected chi connectivity index (χ2v) is 8.27. The summed E-state index contributed by atoms with van der Waals surface area (Å²) in [6, 6.07) is 11.6.